The lowest BCUT2D eigenvalue weighted by Crippen LogP contribution is -2.15. The summed E-state index contributed by atoms with van der Waals surface area (Å²) >= 11 is 0. The third kappa shape index (κ3) is 6.31. The van der Waals surface area contributed by atoms with Crippen LogP contribution < -0.4 is 9.47 Å². The lowest BCUT2D eigenvalue weighted by Gasteiger charge is -2.15. The van der Waals surface area contributed by atoms with Gasteiger partial charge in [0.2, 0.25) is 0 Å². The molecule has 3 aromatic carbocycles. The summed E-state index contributed by atoms with van der Waals surface area (Å²) in [6.45, 7) is 6.13. The van der Waals surface area contributed by atoms with E-state index in [4.69, 9.17) is 9.47 Å². The summed E-state index contributed by atoms with van der Waals surface area (Å²) in [5.74, 6) is 0.954. The molecular formula is C25H27FO4S. The fraction of sp³-hybridized carbons (Fsp3) is 0.280. The van der Waals surface area contributed by atoms with Crippen molar-refractivity contribution in [1.29, 1.82) is 0 Å². The first-order valence-corrected chi connectivity index (χ1v) is 12.0. The quantitative estimate of drug-likeness (QED) is 0.439. The maximum Gasteiger partial charge on any atom is 0.153 e. The first-order valence-electron chi connectivity index (χ1n) is 10.2. The van der Waals surface area contributed by atoms with Crippen molar-refractivity contribution in [2.75, 3.05) is 18.1 Å². The van der Waals surface area contributed by atoms with Gasteiger partial charge in [0.05, 0.1) is 5.75 Å². The van der Waals surface area contributed by atoms with Gasteiger partial charge in [-0.1, -0.05) is 31.2 Å². The van der Waals surface area contributed by atoms with Gasteiger partial charge in [0.15, 0.2) is 9.84 Å². The van der Waals surface area contributed by atoms with Gasteiger partial charge in [-0.05, 0) is 72.0 Å². The van der Waals surface area contributed by atoms with Crippen LogP contribution in [0.25, 0.3) is 11.1 Å². The topological polar surface area (TPSA) is 52.6 Å². The molecule has 0 saturated carbocycles. The summed E-state index contributed by atoms with van der Waals surface area (Å²) < 4.78 is 48.0. The highest BCUT2D eigenvalue weighted by atomic mass is 32.2. The van der Waals surface area contributed by atoms with Crippen LogP contribution in [0.1, 0.15) is 23.6 Å². The van der Waals surface area contributed by atoms with Gasteiger partial charge in [-0.25, -0.2) is 12.8 Å². The van der Waals surface area contributed by atoms with Crippen LogP contribution in [-0.4, -0.2) is 26.5 Å². The van der Waals surface area contributed by atoms with Crippen molar-refractivity contribution in [1.82, 2.24) is 0 Å². The number of ether oxygens (including phenoxy) is 2. The van der Waals surface area contributed by atoms with E-state index in [-0.39, 0.29) is 23.9 Å². The summed E-state index contributed by atoms with van der Waals surface area (Å²) in [5.41, 5.74) is 5.20. The second kappa shape index (κ2) is 9.96. The van der Waals surface area contributed by atoms with Crippen LogP contribution in [0.15, 0.2) is 60.7 Å². The highest BCUT2D eigenvalue weighted by molar-refractivity contribution is 7.91. The number of rotatable bonds is 9. The molecule has 0 aliphatic rings. The number of hydrogen-bond donors (Lipinski definition) is 0. The molecule has 0 aliphatic carbocycles. The van der Waals surface area contributed by atoms with E-state index in [1.54, 1.807) is 19.1 Å². The van der Waals surface area contributed by atoms with Gasteiger partial charge in [-0.2, -0.15) is 0 Å². The molecular weight excluding hydrogens is 415 g/mol. The van der Waals surface area contributed by atoms with Crippen molar-refractivity contribution in [2.45, 2.75) is 27.4 Å². The zero-order chi connectivity index (χ0) is 22.4. The fourth-order valence-corrected chi connectivity index (χ4v) is 4.06. The molecule has 164 valence electrons. The number of halogens is 1. The van der Waals surface area contributed by atoms with Crippen molar-refractivity contribution >= 4 is 9.84 Å². The highest BCUT2D eigenvalue weighted by Gasteiger charge is 2.11. The Hall–Kier alpha value is -2.86. The van der Waals surface area contributed by atoms with Gasteiger partial charge >= 0.3 is 0 Å². The molecule has 3 rings (SSSR count). The Morgan fingerprint density at radius 1 is 0.871 bits per heavy atom. The lowest BCUT2D eigenvalue weighted by molar-refractivity contribution is 0.304. The van der Waals surface area contributed by atoms with Gasteiger partial charge in [-0.15, -0.1) is 0 Å². The van der Waals surface area contributed by atoms with Crippen LogP contribution in [0, 0.1) is 19.7 Å². The average Bonchev–Trinajstić information content (AvgIpc) is 2.72. The summed E-state index contributed by atoms with van der Waals surface area (Å²) in [6, 6.07) is 18.0. The Balaban J connectivity index is 1.74. The minimum Gasteiger partial charge on any atom is -0.493 e. The fourth-order valence-electron chi connectivity index (χ4n) is 3.43. The zero-order valence-electron chi connectivity index (χ0n) is 18.0. The smallest absolute Gasteiger partial charge is 0.153 e. The van der Waals surface area contributed by atoms with E-state index in [0.717, 1.165) is 27.8 Å². The second-order valence-corrected chi connectivity index (χ2v) is 9.94. The molecule has 0 amide bonds. The van der Waals surface area contributed by atoms with Crippen LogP contribution in [0.4, 0.5) is 4.39 Å². The van der Waals surface area contributed by atoms with E-state index >= 15 is 0 Å². The summed E-state index contributed by atoms with van der Waals surface area (Å²) in [5, 5.41) is 0. The predicted octanol–water partition coefficient (Wildman–Crippen LogP) is 5.50. The number of aryl methyl sites for hydroxylation is 2. The molecule has 0 fully saturated rings. The molecule has 31 heavy (non-hydrogen) atoms. The van der Waals surface area contributed by atoms with Crippen LogP contribution >= 0.6 is 0 Å². The first-order chi connectivity index (χ1) is 14.8. The SMILES string of the molecule is CCS(=O)(=O)CCOc1cc(C)c(-c2cccc(COc3cccc(F)c3)c2)c(C)c1. The van der Waals surface area contributed by atoms with Crippen LogP contribution in [0.2, 0.25) is 0 Å². The van der Waals surface area contributed by atoms with Gasteiger partial charge in [0, 0.05) is 11.8 Å². The molecule has 0 radical (unpaired) electrons. The standard InChI is InChI=1S/C25H27FO4S/c1-4-31(27,28)12-11-29-24-13-18(2)25(19(3)14-24)21-8-5-7-20(15-21)17-30-23-10-6-9-22(26)16-23/h5-10,13-16H,4,11-12,17H2,1-3H3. The third-order valence-electron chi connectivity index (χ3n) is 5.03. The molecule has 0 N–H and O–H groups in total. The molecule has 4 nitrogen and oxygen atoms in total. The minimum absolute atomic E-state index is 0.0106. The third-order valence-corrected chi connectivity index (χ3v) is 6.69. The number of benzene rings is 3. The van der Waals surface area contributed by atoms with Crippen LogP contribution in [0.3, 0.4) is 0 Å². The average molecular weight is 443 g/mol. The molecule has 0 spiro atoms. The Kier molecular flexibility index (Phi) is 7.33. The van der Waals surface area contributed by atoms with E-state index in [1.165, 1.54) is 12.1 Å². The lowest BCUT2D eigenvalue weighted by atomic mass is 9.94. The molecule has 0 aromatic heterocycles. The molecule has 0 unspecified atom stereocenters. The number of hydrogen-bond acceptors (Lipinski definition) is 4. The molecule has 6 heteroatoms. The maximum absolute atomic E-state index is 13.3. The van der Waals surface area contributed by atoms with Crippen molar-refractivity contribution in [3.05, 3.63) is 83.2 Å². The normalized spacial score (nSPS) is 11.4. The van der Waals surface area contributed by atoms with Gasteiger partial charge in [0.25, 0.3) is 0 Å². The van der Waals surface area contributed by atoms with Gasteiger partial charge < -0.3 is 9.47 Å². The number of sulfone groups is 1. The van der Waals surface area contributed by atoms with E-state index in [1.807, 2.05) is 44.2 Å². The minimum atomic E-state index is -3.05. The summed E-state index contributed by atoms with van der Waals surface area (Å²) in [4.78, 5) is 0. The molecule has 0 bridgehead atoms. The molecule has 3 aromatic rings. The second-order valence-electron chi connectivity index (χ2n) is 7.46. The maximum atomic E-state index is 13.3. The van der Waals surface area contributed by atoms with Crippen LogP contribution in [0.5, 0.6) is 11.5 Å². The first kappa shape index (κ1) is 22.8. The Labute approximate surface area is 183 Å². The van der Waals surface area contributed by atoms with Crippen molar-refractivity contribution in [2.24, 2.45) is 0 Å². The Morgan fingerprint density at radius 2 is 1.58 bits per heavy atom. The largest absolute Gasteiger partial charge is 0.493 e. The summed E-state index contributed by atoms with van der Waals surface area (Å²) in [7, 11) is -3.05. The van der Waals surface area contributed by atoms with E-state index in [0.29, 0.717) is 18.1 Å². The molecule has 0 heterocycles. The van der Waals surface area contributed by atoms with Crippen LogP contribution in [-0.2, 0) is 16.4 Å². The van der Waals surface area contributed by atoms with Crippen molar-refractivity contribution in [3.63, 3.8) is 0 Å². The monoisotopic (exact) mass is 442 g/mol. The molecule has 0 atom stereocenters. The van der Waals surface area contributed by atoms with Gasteiger partial charge in [-0.3, -0.25) is 0 Å². The predicted molar refractivity (Wildman–Crippen MR) is 122 cm³/mol. The molecule has 0 aliphatic heterocycles. The zero-order valence-corrected chi connectivity index (χ0v) is 18.8. The van der Waals surface area contributed by atoms with E-state index < -0.39 is 9.84 Å². The highest BCUT2D eigenvalue weighted by Crippen LogP contribution is 2.31. The van der Waals surface area contributed by atoms with Crippen molar-refractivity contribution in [3.8, 4) is 22.6 Å². The molecule has 0 saturated heterocycles. The Bertz CT molecular complexity index is 1130. The Morgan fingerprint density at radius 3 is 2.26 bits per heavy atom. The van der Waals surface area contributed by atoms with Crippen molar-refractivity contribution < 1.29 is 22.3 Å². The van der Waals surface area contributed by atoms with Gasteiger partial charge in [0.1, 0.15) is 30.5 Å². The van der Waals surface area contributed by atoms with E-state index in [2.05, 4.69) is 6.07 Å². The summed E-state index contributed by atoms with van der Waals surface area (Å²) in [6.07, 6.45) is 0. The van der Waals surface area contributed by atoms with E-state index in [9.17, 15) is 12.8 Å².